The van der Waals surface area contributed by atoms with Crippen molar-refractivity contribution in [1.29, 1.82) is 0 Å². The van der Waals surface area contributed by atoms with E-state index < -0.39 is 34.8 Å². The van der Waals surface area contributed by atoms with Crippen molar-refractivity contribution < 1.29 is 31.4 Å². The highest BCUT2D eigenvalue weighted by atomic mass is 35.5. The van der Waals surface area contributed by atoms with Gasteiger partial charge in [0.1, 0.15) is 12.3 Å². The Hall–Kier alpha value is -3.59. The van der Waals surface area contributed by atoms with Crippen LogP contribution in [-0.4, -0.2) is 13.3 Å². The van der Waals surface area contributed by atoms with Crippen LogP contribution in [0.4, 0.5) is 27.6 Å². The Balaban J connectivity index is 1.87. The number of halogens is 6. The van der Waals surface area contributed by atoms with Gasteiger partial charge in [-0.15, -0.1) is 6.58 Å². The molecule has 0 saturated heterocycles. The monoisotopic (exact) mass is 496 g/mol. The molecule has 0 radical (unpaired) electrons. The molecule has 0 heterocycles. The maximum absolute atomic E-state index is 13.8. The van der Waals surface area contributed by atoms with Crippen LogP contribution in [0, 0.1) is 29.1 Å². The first-order valence-electron chi connectivity index (χ1n) is 9.76. The zero-order valence-corrected chi connectivity index (χ0v) is 18.5. The van der Waals surface area contributed by atoms with Gasteiger partial charge in [0.25, 0.3) is 0 Å². The molecule has 0 aliphatic heterocycles. The molecule has 0 bridgehead atoms. The predicted molar refractivity (Wildman–Crippen MR) is 120 cm³/mol. The van der Waals surface area contributed by atoms with Gasteiger partial charge in [0.15, 0.2) is 34.8 Å². The minimum absolute atomic E-state index is 0.229. The molecule has 3 rings (SSSR count). The molecule has 10 heteroatoms. The summed E-state index contributed by atoms with van der Waals surface area (Å²) in [6.07, 6.45) is 3.16. The number of benzene rings is 3. The Labute approximate surface area is 197 Å². The zero-order chi connectivity index (χ0) is 24.8. The molecule has 3 aromatic rings. The average molecular weight is 497 g/mol. The molecule has 3 aromatic carbocycles. The number of hydrogen-bond acceptors (Lipinski definition) is 4. The predicted octanol–water partition coefficient (Wildman–Crippen LogP) is 6.80. The molecule has 0 aliphatic rings. The van der Waals surface area contributed by atoms with Gasteiger partial charge < -0.3 is 9.47 Å². The molecule has 0 aliphatic carbocycles. The van der Waals surface area contributed by atoms with Crippen molar-refractivity contribution in [2.24, 2.45) is 5.10 Å². The summed E-state index contributed by atoms with van der Waals surface area (Å²) in [5.74, 6) is -9.66. The normalized spacial score (nSPS) is 11.0. The topological polar surface area (TPSA) is 42.9 Å². The van der Waals surface area contributed by atoms with E-state index in [1.165, 1.54) is 13.2 Å². The van der Waals surface area contributed by atoms with Crippen molar-refractivity contribution in [3.05, 3.63) is 99.9 Å². The van der Waals surface area contributed by atoms with Gasteiger partial charge in [0.05, 0.1) is 13.3 Å². The Morgan fingerprint density at radius 3 is 2.18 bits per heavy atom. The Morgan fingerprint density at radius 2 is 1.59 bits per heavy atom. The third kappa shape index (κ3) is 5.48. The average Bonchev–Trinajstić information content (AvgIpc) is 2.84. The fourth-order valence-corrected chi connectivity index (χ4v) is 3.12. The number of ether oxygens (including phenoxy) is 2. The summed E-state index contributed by atoms with van der Waals surface area (Å²) in [4.78, 5) is 0. The highest BCUT2D eigenvalue weighted by Gasteiger charge is 2.25. The molecule has 0 spiro atoms. The largest absolute Gasteiger partial charge is 0.493 e. The molecule has 0 unspecified atom stereocenters. The maximum Gasteiger partial charge on any atom is 0.200 e. The van der Waals surface area contributed by atoms with Crippen LogP contribution in [0.3, 0.4) is 0 Å². The second kappa shape index (κ2) is 11.0. The number of methoxy groups -OCH3 is 1. The second-order valence-electron chi connectivity index (χ2n) is 6.93. The van der Waals surface area contributed by atoms with Gasteiger partial charge in [0, 0.05) is 10.6 Å². The van der Waals surface area contributed by atoms with Crippen LogP contribution in [0.5, 0.6) is 11.5 Å². The van der Waals surface area contributed by atoms with Crippen molar-refractivity contribution in [2.45, 2.75) is 13.0 Å². The molecular weight excluding hydrogens is 479 g/mol. The summed E-state index contributed by atoms with van der Waals surface area (Å²) < 4.78 is 78.8. The number of anilines is 1. The lowest BCUT2D eigenvalue weighted by atomic mass is 10.1. The lowest BCUT2D eigenvalue weighted by molar-refractivity contribution is 0.282. The van der Waals surface area contributed by atoms with E-state index in [0.717, 1.165) is 11.8 Å². The fraction of sp³-hybridized carbons (Fsp3) is 0.125. The van der Waals surface area contributed by atoms with Gasteiger partial charge in [-0.25, -0.2) is 22.0 Å². The highest BCUT2D eigenvalue weighted by Crippen LogP contribution is 2.34. The lowest BCUT2D eigenvalue weighted by Gasteiger charge is -2.16. The number of nitrogens with one attached hydrogen (secondary N) is 1. The minimum atomic E-state index is -2.25. The van der Waals surface area contributed by atoms with Gasteiger partial charge in [-0.3, -0.25) is 5.43 Å². The summed E-state index contributed by atoms with van der Waals surface area (Å²) >= 11 is 5.90. The van der Waals surface area contributed by atoms with Crippen LogP contribution in [-0.2, 0) is 13.0 Å². The van der Waals surface area contributed by atoms with E-state index >= 15 is 0 Å². The lowest BCUT2D eigenvalue weighted by Crippen LogP contribution is -2.07. The quantitative estimate of drug-likeness (QED) is 0.0885. The Kier molecular flexibility index (Phi) is 8.12. The van der Waals surface area contributed by atoms with E-state index in [-0.39, 0.29) is 6.61 Å². The molecular formula is C24H18ClF5N2O2. The van der Waals surface area contributed by atoms with Crippen molar-refractivity contribution in [3.8, 4) is 11.5 Å². The Bertz CT molecular complexity index is 1200. The third-order valence-corrected chi connectivity index (χ3v) is 4.89. The van der Waals surface area contributed by atoms with Crippen LogP contribution in [0.1, 0.15) is 16.7 Å². The zero-order valence-electron chi connectivity index (χ0n) is 17.8. The van der Waals surface area contributed by atoms with Gasteiger partial charge in [-0.2, -0.15) is 5.10 Å². The van der Waals surface area contributed by atoms with Crippen molar-refractivity contribution in [2.75, 3.05) is 12.5 Å². The van der Waals surface area contributed by atoms with Gasteiger partial charge in [-0.1, -0.05) is 29.8 Å². The minimum Gasteiger partial charge on any atom is -0.493 e. The first-order valence-corrected chi connectivity index (χ1v) is 10.1. The Morgan fingerprint density at radius 1 is 0.971 bits per heavy atom. The van der Waals surface area contributed by atoms with E-state index in [1.54, 1.807) is 24.3 Å². The smallest absolute Gasteiger partial charge is 0.200 e. The molecule has 178 valence electrons. The highest BCUT2D eigenvalue weighted by molar-refractivity contribution is 6.30. The summed E-state index contributed by atoms with van der Waals surface area (Å²) in [6, 6.07) is 10.3. The van der Waals surface area contributed by atoms with Crippen LogP contribution in [0.15, 0.2) is 54.2 Å². The van der Waals surface area contributed by atoms with Crippen LogP contribution < -0.4 is 14.9 Å². The molecule has 0 fully saturated rings. The van der Waals surface area contributed by atoms with E-state index in [9.17, 15) is 22.0 Å². The first kappa shape index (κ1) is 25.0. The van der Waals surface area contributed by atoms with E-state index in [0.29, 0.717) is 34.1 Å². The summed E-state index contributed by atoms with van der Waals surface area (Å²) in [6.45, 7) is 3.94. The number of hydrazone groups is 1. The van der Waals surface area contributed by atoms with Gasteiger partial charge in [-0.05, 0) is 41.8 Å². The van der Waals surface area contributed by atoms with Gasteiger partial charge >= 0.3 is 0 Å². The maximum atomic E-state index is 13.8. The van der Waals surface area contributed by atoms with Crippen molar-refractivity contribution in [1.82, 2.24) is 0 Å². The van der Waals surface area contributed by atoms with Crippen LogP contribution in [0.2, 0.25) is 5.02 Å². The van der Waals surface area contributed by atoms with Crippen molar-refractivity contribution in [3.63, 3.8) is 0 Å². The molecule has 4 nitrogen and oxygen atoms in total. The SMILES string of the molecule is C=CCc1cc(/C=N/Nc2c(F)c(F)c(F)c(F)c2F)cc(OC)c1OCc1ccc(Cl)cc1. The molecule has 1 N–H and O–H groups in total. The summed E-state index contributed by atoms with van der Waals surface area (Å²) in [7, 11) is 1.43. The van der Waals surface area contributed by atoms with E-state index in [1.807, 2.05) is 17.6 Å². The van der Waals surface area contributed by atoms with Crippen LogP contribution in [0.25, 0.3) is 0 Å². The van der Waals surface area contributed by atoms with E-state index in [4.69, 9.17) is 21.1 Å². The number of rotatable bonds is 9. The second-order valence-corrected chi connectivity index (χ2v) is 7.37. The van der Waals surface area contributed by atoms with E-state index in [2.05, 4.69) is 11.7 Å². The number of nitrogens with zero attached hydrogens (tertiary/aromatic N) is 1. The summed E-state index contributed by atoms with van der Waals surface area (Å²) in [5.41, 5.74) is 2.54. The van der Waals surface area contributed by atoms with Crippen LogP contribution >= 0.6 is 11.6 Å². The third-order valence-electron chi connectivity index (χ3n) is 4.63. The molecule has 0 saturated carbocycles. The number of allylic oxidation sites excluding steroid dienone is 1. The molecule has 0 amide bonds. The van der Waals surface area contributed by atoms with Gasteiger partial charge in [0.2, 0.25) is 5.82 Å². The summed E-state index contributed by atoms with van der Waals surface area (Å²) in [5, 5.41) is 4.20. The molecule has 0 aromatic heterocycles. The number of hydrogen-bond donors (Lipinski definition) is 1. The van der Waals surface area contributed by atoms with Crippen molar-refractivity contribution >= 4 is 23.5 Å². The fourth-order valence-electron chi connectivity index (χ4n) is 2.99. The standard InChI is InChI=1S/C24H18ClF5N2O2/c1-3-4-15-9-14(11-31-32-23-21(29)19(27)18(26)20(28)22(23)30)10-17(33-2)24(15)34-12-13-5-7-16(25)8-6-13/h3,5-11,32H,1,4,12H2,2H3/b31-11+. The first-order chi connectivity index (χ1) is 16.3. The molecule has 34 heavy (non-hydrogen) atoms. The molecule has 0 atom stereocenters.